The molecular weight excluding hydrogens is 240 g/mol. The maximum atomic E-state index is 9.33. The van der Waals surface area contributed by atoms with Gasteiger partial charge in [0.2, 0.25) is 0 Å². The van der Waals surface area contributed by atoms with Crippen molar-refractivity contribution in [1.82, 2.24) is 4.90 Å². The maximum Gasteiger partial charge on any atom is 0.0940 e. The fourth-order valence-electron chi connectivity index (χ4n) is 2.75. The van der Waals surface area contributed by atoms with Gasteiger partial charge in [-0.15, -0.1) is 0 Å². The van der Waals surface area contributed by atoms with Crippen molar-refractivity contribution in [3.8, 4) is 0 Å². The summed E-state index contributed by atoms with van der Waals surface area (Å²) < 4.78 is 5.83. The number of morpholine rings is 1. The summed E-state index contributed by atoms with van der Waals surface area (Å²) in [4.78, 5) is 2.33. The van der Waals surface area contributed by atoms with E-state index in [-0.39, 0.29) is 18.3 Å². The van der Waals surface area contributed by atoms with Crippen molar-refractivity contribution in [1.29, 1.82) is 0 Å². The van der Waals surface area contributed by atoms with E-state index in [1.54, 1.807) is 0 Å². The molecule has 1 unspecified atom stereocenters. The Balaban J connectivity index is 2.11. The first-order valence-electron chi connectivity index (χ1n) is 6.76. The van der Waals surface area contributed by atoms with Gasteiger partial charge >= 0.3 is 0 Å². The van der Waals surface area contributed by atoms with E-state index in [4.69, 9.17) is 10.5 Å². The third-order valence-corrected chi connectivity index (χ3v) is 3.64. The van der Waals surface area contributed by atoms with Crippen molar-refractivity contribution < 1.29 is 9.84 Å². The van der Waals surface area contributed by atoms with Gasteiger partial charge in [0.1, 0.15) is 0 Å². The van der Waals surface area contributed by atoms with E-state index in [1.807, 2.05) is 12.1 Å². The number of ether oxygens (including phenoxy) is 1. The Kier molecular flexibility index (Phi) is 4.13. The third kappa shape index (κ3) is 3.47. The van der Waals surface area contributed by atoms with Crippen LogP contribution in [0, 0.1) is 6.92 Å². The molecule has 1 atom stereocenters. The first-order valence-corrected chi connectivity index (χ1v) is 6.76. The fraction of sp³-hybridized carbons (Fsp3) is 0.600. The Morgan fingerprint density at radius 2 is 2.21 bits per heavy atom. The molecule has 0 saturated carbocycles. The molecule has 19 heavy (non-hydrogen) atoms. The van der Waals surface area contributed by atoms with E-state index in [0.29, 0.717) is 0 Å². The van der Waals surface area contributed by atoms with Gasteiger partial charge in [-0.2, -0.15) is 0 Å². The molecule has 3 N–H and O–H groups in total. The minimum Gasteiger partial charge on any atom is -0.399 e. The van der Waals surface area contributed by atoms with Gasteiger partial charge in [0.15, 0.2) is 0 Å². The second-order valence-corrected chi connectivity index (χ2v) is 5.98. The van der Waals surface area contributed by atoms with Crippen molar-refractivity contribution in [3.05, 3.63) is 29.3 Å². The maximum absolute atomic E-state index is 9.33. The number of nitrogen functional groups attached to an aromatic ring is 1. The van der Waals surface area contributed by atoms with Crippen molar-refractivity contribution in [2.45, 2.75) is 39.0 Å². The fourth-order valence-corrected chi connectivity index (χ4v) is 2.75. The average molecular weight is 264 g/mol. The van der Waals surface area contributed by atoms with E-state index in [9.17, 15) is 5.11 Å². The number of hydrogen-bond acceptors (Lipinski definition) is 4. The molecule has 1 saturated heterocycles. The van der Waals surface area contributed by atoms with Gasteiger partial charge in [-0.3, -0.25) is 4.90 Å². The smallest absolute Gasteiger partial charge is 0.0940 e. The zero-order chi connectivity index (χ0) is 14.0. The minimum absolute atomic E-state index is 0.0653. The number of aliphatic hydroxyl groups excluding tert-OH is 1. The summed E-state index contributed by atoms with van der Waals surface area (Å²) in [6.45, 7) is 8.71. The van der Waals surface area contributed by atoms with Crippen molar-refractivity contribution in [2.75, 3.05) is 25.4 Å². The van der Waals surface area contributed by atoms with E-state index in [1.165, 1.54) is 5.56 Å². The van der Waals surface area contributed by atoms with Crippen molar-refractivity contribution >= 4 is 5.69 Å². The third-order valence-electron chi connectivity index (χ3n) is 3.64. The molecule has 4 nitrogen and oxygen atoms in total. The van der Waals surface area contributed by atoms with E-state index < -0.39 is 0 Å². The van der Waals surface area contributed by atoms with E-state index in [0.717, 1.165) is 30.9 Å². The number of hydrogen-bond donors (Lipinski definition) is 2. The van der Waals surface area contributed by atoms with Crippen LogP contribution in [0.15, 0.2) is 18.2 Å². The summed E-state index contributed by atoms with van der Waals surface area (Å²) in [6.07, 6.45) is -0.106. The number of nitrogens with zero attached hydrogens (tertiary/aromatic N) is 1. The molecule has 1 aliphatic heterocycles. The van der Waals surface area contributed by atoms with Gasteiger partial charge in [0.25, 0.3) is 0 Å². The first kappa shape index (κ1) is 14.3. The lowest BCUT2D eigenvalue weighted by Gasteiger charge is -2.42. The van der Waals surface area contributed by atoms with Crippen LogP contribution >= 0.6 is 0 Å². The second kappa shape index (κ2) is 5.49. The predicted molar refractivity (Wildman–Crippen MR) is 76.9 cm³/mol. The van der Waals surface area contributed by atoms with Gasteiger partial charge in [-0.25, -0.2) is 0 Å². The van der Waals surface area contributed by atoms with Gasteiger partial charge in [-0.1, -0.05) is 12.1 Å². The lowest BCUT2D eigenvalue weighted by Crippen LogP contribution is -2.53. The minimum atomic E-state index is -0.222. The molecular formula is C15H24N2O2. The quantitative estimate of drug-likeness (QED) is 0.813. The summed E-state index contributed by atoms with van der Waals surface area (Å²) >= 11 is 0. The molecule has 0 aromatic heterocycles. The number of anilines is 1. The zero-order valence-electron chi connectivity index (χ0n) is 12.0. The van der Waals surface area contributed by atoms with Crippen LogP contribution in [0.1, 0.15) is 25.0 Å². The Morgan fingerprint density at radius 1 is 1.47 bits per heavy atom. The molecule has 0 aliphatic carbocycles. The van der Waals surface area contributed by atoms with Crippen LogP contribution in [0.25, 0.3) is 0 Å². The largest absolute Gasteiger partial charge is 0.399 e. The van der Waals surface area contributed by atoms with Crippen LogP contribution in [0.2, 0.25) is 0 Å². The number of benzene rings is 1. The van der Waals surface area contributed by atoms with Crippen LogP contribution in [-0.2, 0) is 11.3 Å². The SMILES string of the molecule is Cc1c(N)cccc1CN1CC(CO)OC(C)(C)C1. The lowest BCUT2D eigenvalue weighted by atomic mass is 10.0. The van der Waals surface area contributed by atoms with Crippen molar-refractivity contribution in [3.63, 3.8) is 0 Å². The number of rotatable bonds is 3. The monoisotopic (exact) mass is 264 g/mol. The van der Waals surface area contributed by atoms with Gasteiger partial charge in [-0.05, 0) is 38.0 Å². The number of aliphatic hydroxyl groups is 1. The van der Waals surface area contributed by atoms with Crippen LogP contribution in [-0.4, -0.2) is 41.4 Å². The van der Waals surface area contributed by atoms with Crippen LogP contribution in [0.4, 0.5) is 5.69 Å². The zero-order valence-corrected chi connectivity index (χ0v) is 12.0. The highest BCUT2D eigenvalue weighted by molar-refractivity contribution is 5.49. The first-order chi connectivity index (χ1) is 8.91. The van der Waals surface area contributed by atoms with Crippen molar-refractivity contribution in [2.24, 2.45) is 0 Å². The number of nitrogens with two attached hydrogens (primary N) is 1. The molecule has 1 fully saturated rings. The Morgan fingerprint density at radius 3 is 2.89 bits per heavy atom. The van der Waals surface area contributed by atoms with Crippen LogP contribution < -0.4 is 5.73 Å². The van der Waals surface area contributed by atoms with Crippen LogP contribution in [0.5, 0.6) is 0 Å². The summed E-state index contributed by atoms with van der Waals surface area (Å²) in [5.41, 5.74) is 8.95. The summed E-state index contributed by atoms with van der Waals surface area (Å²) in [7, 11) is 0. The molecule has 0 amide bonds. The van der Waals surface area contributed by atoms with E-state index >= 15 is 0 Å². The highest BCUT2D eigenvalue weighted by Crippen LogP contribution is 2.24. The molecule has 0 radical (unpaired) electrons. The Bertz CT molecular complexity index is 446. The molecule has 1 aromatic carbocycles. The van der Waals surface area contributed by atoms with Gasteiger partial charge in [0.05, 0.1) is 18.3 Å². The molecule has 2 rings (SSSR count). The van der Waals surface area contributed by atoms with Gasteiger partial charge < -0.3 is 15.6 Å². The summed E-state index contributed by atoms with van der Waals surface area (Å²) in [5.74, 6) is 0. The normalized spacial score (nSPS) is 23.5. The Hall–Kier alpha value is -1.10. The Labute approximate surface area is 115 Å². The summed E-state index contributed by atoms with van der Waals surface area (Å²) in [5, 5.41) is 9.33. The molecule has 4 heteroatoms. The molecule has 1 heterocycles. The lowest BCUT2D eigenvalue weighted by molar-refractivity contribution is -0.150. The second-order valence-electron chi connectivity index (χ2n) is 5.98. The molecule has 1 aliphatic rings. The average Bonchev–Trinajstić information content (AvgIpc) is 2.33. The highest BCUT2D eigenvalue weighted by atomic mass is 16.5. The molecule has 0 bridgehead atoms. The van der Waals surface area contributed by atoms with E-state index in [2.05, 4.69) is 31.7 Å². The topological polar surface area (TPSA) is 58.7 Å². The molecule has 1 aromatic rings. The summed E-state index contributed by atoms with van der Waals surface area (Å²) in [6, 6.07) is 6.04. The van der Waals surface area contributed by atoms with Crippen LogP contribution in [0.3, 0.4) is 0 Å². The molecule has 106 valence electrons. The molecule has 0 spiro atoms. The predicted octanol–water partition coefficient (Wildman–Crippen LogP) is 1.55. The van der Waals surface area contributed by atoms with Gasteiger partial charge in [0, 0.05) is 25.3 Å². The highest BCUT2D eigenvalue weighted by Gasteiger charge is 2.33. The standard InChI is InChI=1S/C15H24N2O2/c1-11-12(5-4-6-14(11)16)7-17-8-13(9-18)19-15(2,3)10-17/h4-6,13,18H,7-10,16H2,1-3H3.